The van der Waals surface area contributed by atoms with Gasteiger partial charge >= 0.3 is 5.97 Å². The van der Waals surface area contributed by atoms with E-state index in [0.29, 0.717) is 12.1 Å². The molecule has 1 fully saturated rings. The first kappa shape index (κ1) is 13.7. The summed E-state index contributed by atoms with van der Waals surface area (Å²) < 4.78 is 12.7. The molecule has 5 nitrogen and oxygen atoms in total. The Balaban J connectivity index is 1.85. The van der Waals surface area contributed by atoms with Crippen LogP contribution in [0.4, 0.5) is 0 Å². The summed E-state index contributed by atoms with van der Waals surface area (Å²) in [5, 5.41) is 0. The van der Waals surface area contributed by atoms with Gasteiger partial charge in [-0.2, -0.15) is 0 Å². The molecule has 0 atom stereocenters. The highest BCUT2D eigenvalue weighted by Gasteiger charge is 2.20. The number of benzene rings is 1. The Kier molecular flexibility index (Phi) is 3.90. The first-order chi connectivity index (χ1) is 10.2. The zero-order valence-corrected chi connectivity index (χ0v) is 12.0. The van der Waals surface area contributed by atoms with E-state index in [0.717, 1.165) is 24.2 Å². The van der Waals surface area contributed by atoms with E-state index < -0.39 is 0 Å². The number of ether oxygens (including phenoxy) is 2. The maximum absolute atomic E-state index is 11.8. The van der Waals surface area contributed by atoms with E-state index in [1.165, 1.54) is 13.5 Å². The SMILES string of the molecule is COC(=O)c1cc(Cn2ccnc2)cc(OC2CCC2)c1. The lowest BCUT2D eigenvalue weighted by Crippen LogP contribution is -2.24. The van der Waals surface area contributed by atoms with Crippen LogP contribution >= 0.6 is 0 Å². The quantitative estimate of drug-likeness (QED) is 0.793. The molecule has 1 heterocycles. The lowest BCUT2D eigenvalue weighted by atomic mass is 9.96. The molecule has 0 radical (unpaired) electrons. The van der Waals surface area contributed by atoms with E-state index in [1.54, 1.807) is 18.6 Å². The van der Waals surface area contributed by atoms with Crippen LogP contribution in [0, 0.1) is 0 Å². The summed E-state index contributed by atoms with van der Waals surface area (Å²) in [4.78, 5) is 15.8. The Morgan fingerprint density at radius 3 is 2.86 bits per heavy atom. The predicted molar refractivity (Wildman–Crippen MR) is 77.4 cm³/mol. The van der Waals surface area contributed by atoms with Gasteiger partial charge in [-0.05, 0) is 43.0 Å². The van der Waals surface area contributed by atoms with Crippen LogP contribution in [0.2, 0.25) is 0 Å². The normalized spacial score (nSPS) is 14.5. The van der Waals surface area contributed by atoms with Gasteiger partial charge in [-0.3, -0.25) is 0 Å². The third kappa shape index (κ3) is 3.24. The van der Waals surface area contributed by atoms with Crippen molar-refractivity contribution < 1.29 is 14.3 Å². The highest BCUT2D eigenvalue weighted by Crippen LogP contribution is 2.27. The fraction of sp³-hybridized carbons (Fsp3) is 0.375. The number of methoxy groups -OCH3 is 1. The molecule has 2 aromatic rings. The van der Waals surface area contributed by atoms with Crippen LogP contribution in [0.1, 0.15) is 35.2 Å². The number of hydrogen-bond donors (Lipinski definition) is 0. The van der Waals surface area contributed by atoms with E-state index in [2.05, 4.69) is 4.98 Å². The molecule has 1 saturated carbocycles. The van der Waals surface area contributed by atoms with Crippen molar-refractivity contribution in [2.45, 2.75) is 31.9 Å². The number of hydrogen-bond acceptors (Lipinski definition) is 4. The van der Waals surface area contributed by atoms with Crippen molar-refractivity contribution in [2.24, 2.45) is 0 Å². The molecule has 3 rings (SSSR count). The van der Waals surface area contributed by atoms with Gasteiger partial charge in [0.15, 0.2) is 0 Å². The molecule has 110 valence electrons. The fourth-order valence-electron chi connectivity index (χ4n) is 2.33. The van der Waals surface area contributed by atoms with E-state index in [4.69, 9.17) is 9.47 Å². The largest absolute Gasteiger partial charge is 0.490 e. The van der Waals surface area contributed by atoms with Crippen LogP contribution in [-0.2, 0) is 11.3 Å². The molecule has 0 saturated heterocycles. The van der Waals surface area contributed by atoms with E-state index in [1.807, 2.05) is 22.9 Å². The smallest absolute Gasteiger partial charge is 0.337 e. The summed E-state index contributed by atoms with van der Waals surface area (Å²) in [6.07, 6.45) is 9.02. The van der Waals surface area contributed by atoms with Crippen molar-refractivity contribution in [3.63, 3.8) is 0 Å². The monoisotopic (exact) mass is 286 g/mol. The van der Waals surface area contributed by atoms with Gasteiger partial charge in [0, 0.05) is 18.9 Å². The van der Waals surface area contributed by atoms with Crippen molar-refractivity contribution in [3.8, 4) is 5.75 Å². The van der Waals surface area contributed by atoms with E-state index in [9.17, 15) is 4.79 Å². The second kappa shape index (κ2) is 5.99. The maximum atomic E-state index is 11.8. The molecule has 1 aliphatic carbocycles. The Morgan fingerprint density at radius 2 is 2.24 bits per heavy atom. The summed E-state index contributed by atoms with van der Waals surface area (Å²) in [7, 11) is 1.39. The van der Waals surface area contributed by atoms with Gasteiger partial charge < -0.3 is 14.0 Å². The first-order valence-corrected chi connectivity index (χ1v) is 7.09. The molecular weight excluding hydrogens is 268 g/mol. The standard InChI is InChI=1S/C16H18N2O3/c1-20-16(19)13-7-12(10-18-6-5-17-11-18)8-15(9-13)21-14-3-2-4-14/h5-9,11,14H,2-4,10H2,1H3. The molecule has 0 unspecified atom stereocenters. The van der Waals surface area contributed by atoms with Gasteiger partial charge in [0.25, 0.3) is 0 Å². The molecule has 0 bridgehead atoms. The zero-order valence-electron chi connectivity index (χ0n) is 12.0. The fourth-order valence-corrected chi connectivity index (χ4v) is 2.33. The number of esters is 1. The molecule has 1 aromatic carbocycles. The number of rotatable bonds is 5. The van der Waals surface area contributed by atoms with E-state index >= 15 is 0 Å². The van der Waals surface area contributed by atoms with Gasteiger partial charge in [0.2, 0.25) is 0 Å². The summed E-state index contributed by atoms with van der Waals surface area (Å²) in [5.74, 6) is 0.388. The average Bonchev–Trinajstić information content (AvgIpc) is 2.94. The Bertz CT molecular complexity index is 618. The minimum Gasteiger partial charge on any atom is -0.490 e. The number of carbonyl (C=O) groups excluding carboxylic acids is 1. The zero-order chi connectivity index (χ0) is 14.7. The molecule has 1 aliphatic rings. The Hall–Kier alpha value is -2.30. The molecule has 21 heavy (non-hydrogen) atoms. The highest BCUT2D eigenvalue weighted by atomic mass is 16.5. The van der Waals surface area contributed by atoms with Crippen LogP contribution in [0.25, 0.3) is 0 Å². The minimum atomic E-state index is -0.346. The topological polar surface area (TPSA) is 53.4 Å². The van der Waals surface area contributed by atoms with Gasteiger partial charge in [-0.25, -0.2) is 9.78 Å². The third-order valence-electron chi connectivity index (χ3n) is 3.67. The molecule has 0 amide bonds. The second-order valence-electron chi connectivity index (χ2n) is 5.26. The van der Waals surface area contributed by atoms with Crippen LogP contribution in [0.3, 0.4) is 0 Å². The van der Waals surface area contributed by atoms with Crippen molar-refractivity contribution in [1.29, 1.82) is 0 Å². The van der Waals surface area contributed by atoms with E-state index in [-0.39, 0.29) is 12.1 Å². The van der Waals surface area contributed by atoms with Crippen molar-refractivity contribution in [3.05, 3.63) is 48.0 Å². The van der Waals surface area contributed by atoms with Crippen LogP contribution in [0.15, 0.2) is 36.9 Å². The molecule has 5 heteroatoms. The maximum Gasteiger partial charge on any atom is 0.337 e. The van der Waals surface area contributed by atoms with Gasteiger partial charge in [0.1, 0.15) is 5.75 Å². The average molecular weight is 286 g/mol. The Morgan fingerprint density at radius 1 is 1.38 bits per heavy atom. The highest BCUT2D eigenvalue weighted by molar-refractivity contribution is 5.90. The van der Waals surface area contributed by atoms with Crippen LogP contribution < -0.4 is 4.74 Å². The molecule has 0 spiro atoms. The predicted octanol–water partition coefficient (Wildman–Crippen LogP) is 2.65. The lowest BCUT2D eigenvalue weighted by Gasteiger charge is -2.26. The van der Waals surface area contributed by atoms with Crippen LogP contribution in [-0.4, -0.2) is 28.7 Å². The van der Waals surface area contributed by atoms with Crippen molar-refractivity contribution >= 4 is 5.97 Å². The van der Waals surface area contributed by atoms with Gasteiger partial charge in [-0.1, -0.05) is 0 Å². The summed E-state index contributed by atoms with van der Waals surface area (Å²) in [6, 6.07) is 5.56. The Labute approximate surface area is 123 Å². The summed E-state index contributed by atoms with van der Waals surface area (Å²) in [5.41, 5.74) is 1.51. The second-order valence-corrected chi connectivity index (χ2v) is 5.26. The van der Waals surface area contributed by atoms with Gasteiger partial charge in [0.05, 0.1) is 25.1 Å². The first-order valence-electron chi connectivity index (χ1n) is 7.09. The number of imidazole rings is 1. The molecular formula is C16H18N2O3. The summed E-state index contributed by atoms with van der Waals surface area (Å²) >= 11 is 0. The number of nitrogens with zero attached hydrogens (tertiary/aromatic N) is 2. The third-order valence-corrected chi connectivity index (χ3v) is 3.67. The molecule has 1 aromatic heterocycles. The number of aromatic nitrogens is 2. The molecule has 0 N–H and O–H groups in total. The van der Waals surface area contributed by atoms with Crippen molar-refractivity contribution in [2.75, 3.05) is 7.11 Å². The van der Waals surface area contributed by atoms with Crippen molar-refractivity contribution in [1.82, 2.24) is 9.55 Å². The van der Waals surface area contributed by atoms with Gasteiger partial charge in [-0.15, -0.1) is 0 Å². The molecule has 0 aliphatic heterocycles. The lowest BCUT2D eigenvalue weighted by molar-refractivity contribution is 0.0598. The summed E-state index contributed by atoms with van der Waals surface area (Å²) in [6.45, 7) is 0.645. The minimum absolute atomic E-state index is 0.277. The van der Waals surface area contributed by atoms with Crippen LogP contribution in [0.5, 0.6) is 5.75 Å². The number of carbonyl (C=O) groups is 1.